The number of pyridine rings is 1. The van der Waals surface area contributed by atoms with E-state index in [4.69, 9.17) is 16.2 Å². The number of hydrogen-bond donors (Lipinski definition) is 3. The molecule has 8 heteroatoms. The molecule has 0 spiro atoms. The lowest BCUT2D eigenvalue weighted by Crippen LogP contribution is -2.37. The van der Waals surface area contributed by atoms with Gasteiger partial charge >= 0.3 is 6.18 Å². The molecule has 1 aromatic heterocycles. The van der Waals surface area contributed by atoms with Crippen molar-refractivity contribution < 1.29 is 18.3 Å². The first kappa shape index (κ1) is 14.2. The zero-order valence-electron chi connectivity index (χ0n) is 9.41. The number of rotatable bonds is 5. The van der Waals surface area contributed by atoms with E-state index >= 15 is 0 Å². The Labute approximate surface area is 102 Å². The lowest BCUT2D eigenvalue weighted by atomic mass is 10.2. The number of nitrogens with two attached hydrogens (primary N) is 1. The van der Waals surface area contributed by atoms with Crippen molar-refractivity contribution in [3.05, 3.63) is 24.0 Å². The van der Waals surface area contributed by atoms with Gasteiger partial charge in [0.05, 0.1) is 18.5 Å². The number of nitrogen functional groups attached to an aromatic ring is 1. The van der Waals surface area contributed by atoms with Crippen LogP contribution in [0.4, 0.5) is 18.9 Å². The molecule has 100 valence electrons. The molecule has 18 heavy (non-hydrogen) atoms. The van der Waals surface area contributed by atoms with Crippen LogP contribution in [0.3, 0.4) is 0 Å². The number of alkyl halides is 3. The molecule has 0 fully saturated rings. The minimum atomic E-state index is -4.42. The van der Waals surface area contributed by atoms with Crippen LogP contribution in [0.1, 0.15) is 5.56 Å². The van der Waals surface area contributed by atoms with E-state index in [2.05, 4.69) is 4.98 Å². The maximum Gasteiger partial charge on any atom is 0.405 e. The third kappa shape index (κ3) is 3.88. The summed E-state index contributed by atoms with van der Waals surface area (Å²) in [5.41, 5.74) is 5.53. The largest absolute Gasteiger partial charge is 0.405 e. The number of anilines is 1. The number of aliphatic hydroxyl groups is 1. The summed E-state index contributed by atoms with van der Waals surface area (Å²) in [6.07, 6.45) is -1.89. The molecular formula is C10H13F3N4O. The van der Waals surface area contributed by atoms with Crippen molar-refractivity contribution in [2.75, 3.05) is 24.6 Å². The highest BCUT2D eigenvalue weighted by molar-refractivity contribution is 6.00. The quantitative estimate of drug-likeness (QED) is 0.539. The molecule has 0 amide bonds. The summed E-state index contributed by atoms with van der Waals surface area (Å²) >= 11 is 0. The van der Waals surface area contributed by atoms with E-state index in [1.807, 2.05) is 0 Å². The summed E-state index contributed by atoms with van der Waals surface area (Å²) in [5.74, 6) is -0.350. The van der Waals surface area contributed by atoms with Crippen molar-refractivity contribution >= 4 is 11.5 Å². The number of nitrogens with zero attached hydrogens (tertiary/aromatic N) is 2. The van der Waals surface area contributed by atoms with Crippen LogP contribution in [0.5, 0.6) is 0 Å². The fourth-order valence-electron chi connectivity index (χ4n) is 1.49. The normalized spacial score (nSPS) is 11.3. The molecule has 0 saturated carbocycles. The van der Waals surface area contributed by atoms with Gasteiger partial charge < -0.3 is 15.7 Å². The zero-order chi connectivity index (χ0) is 13.8. The maximum atomic E-state index is 12.4. The van der Waals surface area contributed by atoms with Crippen LogP contribution in [0.15, 0.2) is 18.5 Å². The van der Waals surface area contributed by atoms with Gasteiger partial charge in [-0.3, -0.25) is 10.4 Å². The number of nitrogens with one attached hydrogen (secondary N) is 1. The first-order valence-electron chi connectivity index (χ1n) is 5.06. The van der Waals surface area contributed by atoms with E-state index in [0.717, 1.165) is 4.90 Å². The fourth-order valence-corrected chi connectivity index (χ4v) is 1.49. The van der Waals surface area contributed by atoms with E-state index in [9.17, 15) is 13.2 Å². The van der Waals surface area contributed by atoms with Gasteiger partial charge in [0, 0.05) is 18.3 Å². The molecular weight excluding hydrogens is 249 g/mol. The van der Waals surface area contributed by atoms with Gasteiger partial charge in [-0.1, -0.05) is 0 Å². The Bertz CT molecular complexity index is 422. The predicted molar refractivity (Wildman–Crippen MR) is 60.6 cm³/mol. The highest BCUT2D eigenvalue weighted by atomic mass is 19.4. The van der Waals surface area contributed by atoms with Crippen LogP contribution >= 0.6 is 0 Å². The Hall–Kier alpha value is -1.83. The first-order valence-corrected chi connectivity index (χ1v) is 5.06. The molecule has 1 heterocycles. The Morgan fingerprint density at radius 2 is 2.17 bits per heavy atom. The van der Waals surface area contributed by atoms with Crippen molar-refractivity contribution in [2.45, 2.75) is 6.18 Å². The second-order valence-corrected chi connectivity index (χ2v) is 3.57. The second-order valence-electron chi connectivity index (χ2n) is 3.57. The van der Waals surface area contributed by atoms with Gasteiger partial charge in [0.25, 0.3) is 0 Å². The van der Waals surface area contributed by atoms with Crippen LogP contribution < -0.4 is 10.6 Å². The molecule has 0 bridgehead atoms. The topological polar surface area (TPSA) is 86.2 Å². The second kappa shape index (κ2) is 5.67. The third-order valence-corrected chi connectivity index (χ3v) is 2.17. The number of hydrogen-bond acceptors (Lipinski definition) is 4. The van der Waals surface area contributed by atoms with Gasteiger partial charge in [0.2, 0.25) is 0 Å². The zero-order valence-corrected chi connectivity index (χ0v) is 9.41. The number of halogens is 3. The fraction of sp³-hybridized carbons (Fsp3) is 0.400. The average molecular weight is 262 g/mol. The van der Waals surface area contributed by atoms with Crippen LogP contribution in [-0.2, 0) is 0 Å². The standard InChI is InChI=1S/C10H13F3N4O/c11-10(12,13)6-17(3-4-18)8-5-16-2-1-7(8)9(14)15/h1-2,5,18H,3-4,6H2,(H3,14,15). The molecule has 5 nitrogen and oxygen atoms in total. The van der Waals surface area contributed by atoms with Gasteiger partial charge in [-0.05, 0) is 6.07 Å². The molecule has 0 aliphatic carbocycles. The summed E-state index contributed by atoms with van der Waals surface area (Å²) in [6.45, 7) is -1.90. The van der Waals surface area contributed by atoms with Crippen molar-refractivity contribution in [1.29, 1.82) is 5.41 Å². The number of aromatic nitrogens is 1. The molecule has 4 N–H and O–H groups in total. The molecule has 0 atom stereocenters. The van der Waals surface area contributed by atoms with Crippen molar-refractivity contribution in [1.82, 2.24) is 4.98 Å². The molecule has 0 aliphatic rings. The van der Waals surface area contributed by atoms with Crippen molar-refractivity contribution in [2.24, 2.45) is 5.73 Å². The van der Waals surface area contributed by atoms with E-state index < -0.39 is 19.3 Å². The number of amidine groups is 1. The summed E-state index contributed by atoms with van der Waals surface area (Å²) in [4.78, 5) is 4.61. The van der Waals surface area contributed by atoms with Crippen molar-refractivity contribution in [3.63, 3.8) is 0 Å². The van der Waals surface area contributed by atoms with E-state index in [1.165, 1.54) is 18.5 Å². The predicted octanol–water partition coefficient (Wildman–Crippen LogP) is 0.727. The molecule has 0 radical (unpaired) electrons. The highest BCUT2D eigenvalue weighted by Gasteiger charge is 2.31. The van der Waals surface area contributed by atoms with Gasteiger partial charge in [0.15, 0.2) is 0 Å². The lowest BCUT2D eigenvalue weighted by molar-refractivity contribution is -0.119. The Balaban J connectivity index is 3.09. The molecule has 0 unspecified atom stereocenters. The van der Waals surface area contributed by atoms with Crippen LogP contribution in [0.2, 0.25) is 0 Å². The maximum absolute atomic E-state index is 12.4. The molecule has 1 rings (SSSR count). The van der Waals surface area contributed by atoms with Gasteiger partial charge in [-0.15, -0.1) is 0 Å². The summed E-state index contributed by atoms with van der Waals surface area (Å²) in [7, 11) is 0. The van der Waals surface area contributed by atoms with Gasteiger partial charge in [-0.25, -0.2) is 0 Å². The molecule has 0 aliphatic heterocycles. The minimum Gasteiger partial charge on any atom is -0.395 e. The van der Waals surface area contributed by atoms with Gasteiger partial charge in [0.1, 0.15) is 12.4 Å². The van der Waals surface area contributed by atoms with Crippen LogP contribution in [0.25, 0.3) is 0 Å². The van der Waals surface area contributed by atoms with Crippen molar-refractivity contribution in [3.8, 4) is 0 Å². The Kier molecular flexibility index (Phi) is 4.49. The lowest BCUT2D eigenvalue weighted by Gasteiger charge is -2.26. The highest BCUT2D eigenvalue weighted by Crippen LogP contribution is 2.24. The molecule has 1 aromatic rings. The van der Waals surface area contributed by atoms with E-state index in [1.54, 1.807) is 0 Å². The van der Waals surface area contributed by atoms with E-state index in [0.29, 0.717) is 0 Å². The summed E-state index contributed by atoms with van der Waals surface area (Å²) in [6, 6.07) is 1.36. The molecule has 0 saturated heterocycles. The smallest absolute Gasteiger partial charge is 0.395 e. The summed E-state index contributed by atoms with van der Waals surface area (Å²) < 4.78 is 37.3. The van der Waals surface area contributed by atoms with Gasteiger partial charge in [-0.2, -0.15) is 13.2 Å². The van der Waals surface area contributed by atoms with E-state index in [-0.39, 0.29) is 23.6 Å². The first-order chi connectivity index (χ1) is 8.35. The average Bonchev–Trinajstić information content (AvgIpc) is 2.26. The van der Waals surface area contributed by atoms with Crippen LogP contribution in [-0.4, -0.2) is 41.8 Å². The minimum absolute atomic E-state index is 0.0800. The van der Waals surface area contributed by atoms with Crippen LogP contribution in [0, 0.1) is 5.41 Å². The molecule has 0 aromatic carbocycles. The SMILES string of the molecule is N=C(N)c1ccncc1N(CCO)CC(F)(F)F. The Morgan fingerprint density at radius 3 is 2.67 bits per heavy atom. The Morgan fingerprint density at radius 1 is 1.50 bits per heavy atom. The third-order valence-electron chi connectivity index (χ3n) is 2.17. The monoisotopic (exact) mass is 262 g/mol. The number of aliphatic hydroxyl groups excluding tert-OH is 1. The summed E-state index contributed by atoms with van der Waals surface area (Å²) in [5, 5.41) is 16.1.